The quantitative estimate of drug-likeness (QED) is 0.566. The second kappa shape index (κ2) is 3.49. The van der Waals surface area contributed by atoms with Crippen molar-refractivity contribution in [2.24, 2.45) is 0 Å². The average molecular weight is 161 g/mol. The molecular weight excluding hydrogens is 146 g/mol. The first-order valence-electron chi connectivity index (χ1n) is 3.87. The summed E-state index contributed by atoms with van der Waals surface area (Å²) in [6.45, 7) is 4.41. The Kier molecular flexibility index (Phi) is 2.84. The molecule has 4 nitrogen and oxygen atoms in total. The molecule has 0 amide bonds. The van der Waals surface area contributed by atoms with Crippen molar-refractivity contribution in [2.45, 2.75) is 32.1 Å². The fourth-order valence-corrected chi connectivity index (χ4v) is 1.02. The lowest BCUT2D eigenvalue weighted by atomic mass is 10.2. The normalized spacial score (nSPS) is 32.2. The van der Waals surface area contributed by atoms with E-state index in [2.05, 4.69) is 0 Å². The lowest BCUT2D eigenvalue weighted by Crippen LogP contribution is -2.38. The van der Waals surface area contributed by atoms with Crippen molar-refractivity contribution < 1.29 is 15.1 Å². The summed E-state index contributed by atoms with van der Waals surface area (Å²) in [6, 6.07) is -0.0489. The molecule has 11 heavy (non-hydrogen) atoms. The highest BCUT2D eigenvalue weighted by atomic mass is 16.7. The van der Waals surface area contributed by atoms with Crippen LogP contribution in [0.25, 0.3) is 0 Å². The summed E-state index contributed by atoms with van der Waals surface area (Å²) in [5.41, 5.74) is 0. The van der Waals surface area contributed by atoms with Crippen LogP contribution in [0.5, 0.6) is 0 Å². The third kappa shape index (κ3) is 2.13. The molecule has 1 heterocycles. The van der Waals surface area contributed by atoms with Gasteiger partial charge in [0.2, 0.25) is 0 Å². The number of β-amino-alcohol motifs (C(OH)–C–C–N with tert-alkyl or cyclic N) is 1. The molecule has 0 spiro atoms. The number of hydroxylamine groups is 2. The highest BCUT2D eigenvalue weighted by molar-refractivity contribution is 4.72. The molecule has 66 valence electrons. The predicted molar refractivity (Wildman–Crippen MR) is 39.8 cm³/mol. The van der Waals surface area contributed by atoms with Gasteiger partial charge in [-0.2, -0.15) is 5.06 Å². The van der Waals surface area contributed by atoms with E-state index in [1.807, 2.05) is 6.92 Å². The third-order valence-electron chi connectivity index (χ3n) is 1.98. The van der Waals surface area contributed by atoms with E-state index in [4.69, 9.17) is 15.1 Å². The van der Waals surface area contributed by atoms with Gasteiger partial charge in [0, 0.05) is 0 Å². The van der Waals surface area contributed by atoms with Gasteiger partial charge in [-0.3, -0.25) is 4.84 Å². The van der Waals surface area contributed by atoms with E-state index in [9.17, 15) is 0 Å². The maximum absolute atomic E-state index is 9.16. The van der Waals surface area contributed by atoms with Crippen LogP contribution in [0.3, 0.4) is 0 Å². The fourth-order valence-electron chi connectivity index (χ4n) is 1.02. The van der Waals surface area contributed by atoms with Crippen LogP contribution in [0.1, 0.15) is 13.8 Å². The number of rotatable bonds is 2. The molecule has 1 fully saturated rings. The smallest absolute Gasteiger partial charge is 0.0958 e. The second-order valence-electron chi connectivity index (χ2n) is 3.03. The first kappa shape index (κ1) is 8.93. The molecule has 2 unspecified atom stereocenters. The zero-order valence-electron chi connectivity index (χ0n) is 6.90. The van der Waals surface area contributed by atoms with Gasteiger partial charge in [-0.1, -0.05) is 0 Å². The summed E-state index contributed by atoms with van der Waals surface area (Å²) in [5.74, 6) is 0. The van der Waals surface area contributed by atoms with Crippen LogP contribution in [-0.2, 0) is 4.84 Å². The van der Waals surface area contributed by atoms with Crippen LogP contribution in [0.4, 0.5) is 0 Å². The number of hydrogen-bond donors (Lipinski definition) is 2. The summed E-state index contributed by atoms with van der Waals surface area (Å²) in [7, 11) is 0. The van der Waals surface area contributed by atoms with Gasteiger partial charge < -0.3 is 10.2 Å². The van der Waals surface area contributed by atoms with Crippen LogP contribution in [0.2, 0.25) is 0 Å². The van der Waals surface area contributed by atoms with Crippen molar-refractivity contribution >= 4 is 0 Å². The summed E-state index contributed by atoms with van der Waals surface area (Å²) in [4.78, 5) is 5.11. The first-order valence-corrected chi connectivity index (χ1v) is 3.87. The molecular formula is C7H15NO3. The SMILES string of the molecule is CC(O)C(C)N1C[C@H](O)CO1. The van der Waals surface area contributed by atoms with Crippen LogP contribution >= 0.6 is 0 Å². The van der Waals surface area contributed by atoms with Gasteiger partial charge in [0.1, 0.15) is 0 Å². The Balaban J connectivity index is 2.36. The summed E-state index contributed by atoms with van der Waals surface area (Å²) >= 11 is 0. The van der Waals surface area contributed by atoms with E-state index >= 15 is 0 Å². The van der Waals surface area contributed by atoms with Crippen molar-refractivity contribution in [1.29, 1.82) is 0 Å². The molecule has 0 aromatic heterocycles. The van der Waals surface area contributed by atoms with Crippen LogP contribution in [0, 0.1) is 0 Å². The molecule has 0 radical (unpaired) electrons. The molecule has 1 rings (SSSR count). The van der Waals surface area contributed by atoms with E-state index in [0.717, 1.165) is 0 Å². The molecule has 0 aromatic carbocycles. The van der Waals surface area contributed by atoms with Crippen LogP contribution < -0.4 is 0 Å². The highest BCUT2D eigenvalue weighted by Gasteiger charge is 2.27. The molecule has 1 aliphatic heterocycles. The van der Waals surface area contributed by atoms with Crippen molar-refractivity contribution in [2.75, 3.05) is 13.2 Å². The van der Waals surface area contributed by atoms with E-state index in [1.54, 1.807) is 12.0 Å². The van der Waals surface area contributed by atoms with E-state index < -0.39 is 12.2 Å². The molecule has 1 saturated heterocycles. The Hall–Kier alpha value is -0.160. The maximum atomic E-state index is 9.16. The van der Waals surface area contributed by atoms with Gasteiger partial charge in [-0.05, 0) is 13.8 Å². The highest BCUT2D eigenvalue weighted by Crippen LogP contribution is 2.12. The lowest BCUT2D eigenvalue weighted by Gasteiger charge is -2.24. The van der Waals surface area contributed by atoms with Crippen molar-refractivity contribution in [3.63, 3.8) is 0 Å². The van der Waals surface area contributed by atoms with E-state index in [-0.39, 0.29) is 6.04 Å². The van der Waals surface area contributed by atoms with Crippen LogP contribution in [-0.4, -0.2) is 46.7 Å². The van der Waals surface area contributed by atoms with Gasteiger partial charge in [0.25, 0.3) is 0 Å². The Bertz CT molecular complexity index is 129. The second-order valence-corrected chi connectivity index (χ2v) is 3.03. The van der Waals surface area contributed by atoms with Gasteiger partial charge in [0.15, 0.2) is 0 Å². The van der Waals surface area contributed by atoms with Crippen molar-refractivity contribution in [3.05, 3.63) is 0 Å². The predicted octanol–water partition coefficient (Wildman–Crippen LogP) is -0.636. The lowest BCUT2D eigenvalue weighted by molar-refractivity contribution is -0.158. The molecule has 0 saturated carbocycles. The Morgan fingerprint density at radius 2 is 2.18 bits per heavy atom. The topological polar surface area (TPSA) is 52.9 Å². The number of aliphatic hydroxyl groups is 2. The number of nitrogens with zero attached hydrogens (tertiary/aromatic N) is 1. The van der Waals surface area contributed by atoms with Crippen LogP contribution in [0.15, 0.2) is 0 Å². The Morgan fingerprint density at radius 3 is 2.55 bits per heavy atom. The first-order chi connectivity index (χ1) is 5.11. The molecule has 0 aliphatic carbocycles. The largest absolute Gasteiger partial charge is 0.392 e. The standard InChI is InChI=1S/C7H15NO3/c1-5(6(2)9)8-3-7(10)4-11-8/h5-7,9-10H,3-4H2,1-2H3/t5?,6?,7-/m0/s1. The number of hydrogen-bond acceptors (Lipinski definition) is 4. The summed E-state index contributed by atoms with van der Waals surface area (Å²) in [5, 5.41) is 19.9. The Morgan fingerprint density at radius 1 is 1.55 bits per heavy atom. The summed E-state index contributed by atoms with van der Waals surface area (Å²) in [6.07, 6.45) is -0.837. The molecule has 0 bridgehead atoms. The zero-order valence-corrected chi connectivity index (χ0v) is 6.90. The van der Waals surface area contributed by atoms with E-state index in [1.165, 1.54) is 0 Å². The zero-order chi connectivity index (χ0) is 8.43. The molecule has 3 atom stereocenters. The summed E-state index contributed by atoms with van der Waals surface area (Å²) < 4.78 is 0. The minimum Gasteiger partial charge on any atom is -0.392 e. The van der Waals surface area contributed by atoms with Gasteiger partial charge in [0.05, 0.1) is 31.4 Å². The molecule has 0 aromatic rings. The number of aliphatic hydroxyl groups excluding tert-OH is 2. The molecule has 1 aliphatic rings. The molecule has 2 N–H and O–H groups in total. The minimum atomic E-state index is -0.430. The molecule has 4 heteroatoms. The average Bonchev–Trinajstić information content (AvgIpc) is 2.34. The van der Waals surface area contributed by atoms with Gasteiger partial charge in [-0.15, -0.1) is 0 Å². The third-order valence-corrected chi connectivity index (χ3v) is 1.98. The van der Waals surface area contributed by atoms with Gasteiger partial charge in [-0.25, -0.2) is 0 Å². The minimum absolute atomic E-state index is 0.0489. The fraction of sp³-hybridized carbons (Fsp3) is 1.00. The Labute approximate surface area is 66.3 Å². The monoisotopic (exact) mass is 161 g/mol. The van der Waals surface area contributed by atoms with Crippen molar-refractivity contribution in [3.8, 4) is 0 Å². The van der Waals surface area contributed by atoms with Gasteiger partial charge >= 0.3 is 0 Å². The maximum Gasteiger partial charge on any atom is 0.0958 e. The van der Waals surface area contributed by atoms with Crippen molar-refractivity contribution in [1.82, 2.24) is 5.06 Å². The van der Waals surface area contributed by atoms with E-state index in [0.29, 0.717) is 13.2 Å².